The maximum Gasteiger partial charge on any atom is 0.252 e. The number of hydrogen-bond acceptors (Lipinski definition) is 3. The third-order valence-corrected chi connectivity index (χ3v) is 2.30. The van der Waals surface area contributed by atoms with Crippen molar-refractivity contribution in [2.75, 3.05) is 0 Å². The highest BCUT2D eigenvalue weighted by atomic mass is 16.3. The molecule has 0 fully saturated rings. The van der Waals surface area contributed by atoms with Gasteiger partial charge in [-0.15, -0.1) is 0 Å². The van der Waals surface area contributed by atoms with Gasteiger partial charge < -0.3 is 15.7 Å². The highest BCUT2D eigenvalue weighted by Crippen LogP contribution is 2.22. The van der Waals surface area contributed by atoms with Crippen LogP contribution >= 0.6 is 0 Å². The summed E-state index contributed by atoms with van der Waals surface area (Å²) >= 11 is 0. The van der Waals surface area contributed by atoms with Crippen LogP contribution in [-0.4, -0.2) is 22.1 Å². The molecular weight excluding hydrogens is 240 g/mol. The second kappa shape index (κ2) is 5.11. The van der Waals surface area contributed by atoms with Crippen LogP contribution in [0.25, 0.3) is 0 Å². The first kappa shape index (κ1) is 15.3. The second-order valence-corrected chi connectivity index (χ2v) is 6.78. The van der Waals surface area contributed by atoms with Crippen molar-refractivity contribution >= 4 is 5.91 Å². The summed E-state index contributed by atoms with van der Waals surface area (Å²) in [6.07, 6.45) is 5.19. The fourth-order valence-corrected chi connectivity index (χ4v) is 1.66. The first-order valence-corrected chi connectivity index (χ1v) is 6.42. The summed E-state index contributed by atoms with van der Waals surface area (Å²) in [5.41, 5.74) is 0.429. The molecule has 0 radical (unpaired) electrons. The van der Waals surface area contributed by atoms with Gasteiger partial charge in [0, 0.05) is 16.7 Å². The third-order valence-electron chi connectivity index (χ3n) is 2.30. The van der Waals surface area contributed by atoms with Gasteiger partial charge >= 0.3 is 0 Å². The van der Waals surface area contributed by atoms with Crippen LogP contribution in [0, 0.1) is 0 Å². The Hall–Kier alpha value is -1.71. The molecule has 0 saturated carbocycles. The van der Waals surface area contributed by atoms with Crippen molar-refractivity contribution in [3.05, 3.63) is 35.3 Å². The van der Waals surface area contributed by atoms with Gasteiger partial charge in [0.15, 0.2) is 5.88 Å². The van der Waals surface area contributed by atoms with Crippen molar-refractivity contribution < 1.29 is 9.90 Å². The average molecular weight is 264 g/mol. The Morgan fingerprint density at radius 3 is 2.05 bits per heavy atom. The monoisotopic (exact) mass is 264 g/mol. The molecule has 0 atom stereocenters. The molecule has 1 amide bonds. The van der Waals surface area contributed by atoms with Crippen LogP contribution in [0.1, 0.15) is 41.5 Å². The summed E-state index contributed by atoms with van der Waals surface area (Å²) in [7, 11) is 0. The average Bonchev–Trinajstić information content (AvgIpc) is 2.59. The Morgan fingerprint density at radius 2 is 1.58 bits per heavy atom. The highest BCUT2D eigenvalue weighted by molar-refractivity contribution is 6.00. The minimum Gasteiger partial charge on any atom is -0.494 e. The number of aliphatic hydroxyl groups is 1. The van der Waals surface area contributed by atoms with Crippen molar-refractivity contribution in [3.63, 3.8) is 0 Å². The number of amides is 1. The molecule has 1 rings (SSSR count). The van der Waals surface area contributed by atoms with Crippen LogP contribution in [-0.2, 0) is 4.79 Å². The molecule has 0 unspecified atom stereocenters. The number of carbonyl (C=O) groups is 1. The van der Waals surface area contributed by atoms with Crippen LogP contribution in [0.2, 0.25) is 0 Å². The van der Waals surface area contributed by atoms with Gasteiger partial charge in [-0.1, -0.05) is 6.08 Å². The lowest BCUT2D eigenvalue weighted by atomic mass is 10.0. The normalized spacial score (nSPS) is 18.1. The molecule has 106 valence electrons. The molecule has 3 N–H and O–H groups in total. The summed E-state index contributed by atoms with van der Waals surface area (Å²) in [6.45, 7) is 11.6. The Kier molecular flexibility index (Phi) is 4.13. The SMILES string of the molecule is CC(C)(C)NC(=O)C1=CC=CC1=C(O)NC(C)(C)C. The summed E-state index contributed by atoms with van der Waals surface area (Å²) in [5, 5.41) is 16.0. The molecule has 0 saturated heterocycles. The van der Waals surface area contributed by atoms with Crippen molar-refractivity contribution in [2.45, 2.75) is 52.6 Å². The number of aliphatic hydroxyl groups excluding tert-OH is 1. The smallest absolute Gasteiger partial charge is 0.252 e. The molecular formula is C15H24N2O2. The lowest BCUT2D eigenvalue weighted by Crippen LogP contribution is -2.42. The third kappa shape index (κ3) is 4.81. The van der Waals surface area contributed by atoms with E-state index in [0.717, 1.165) is 0 Å². The van der Waals surface area contributed by atoms with Crippen molar-refractivity contribution in [1.29, 1.82) is 0 Å². The van der Waals surface area contributed by atoms with Gasteiger partial charge in [-0.25, -0.2) is 0 Å². The minimum absolute atomic E-state index is 0.0246. The quantitative estimate of drug-likeness (QED) is 0.672. The lowest BCUT2D eigenvalue weighted by molar-refractivity contribution is -0.118. The number of carbonyl (C=O) groups excluding carboxylic acids is 1. The van der Waals surface area contributed by atoms with Gasteiger partial charge in [0.2, 0.25) is 0 Å². The molecule has 1 aliphatic rings. The summed E-state index contributed by atoms with van der Waals surface area (Å²) < 4.78 is 0. The van der Waals surface area contributed by atoms with Gasteiger partial charge in [-0.3, -0.25) is 4.79 Å². The van der Waals surface area contributed by atoms with Gasteiger partial charge in [0.05, 0.1) is 5.57 Å². The molecule has 19 heavy (non-hydrogen) atoms. The van der Waals surface area contributed by atoms with E-state index in [1.54, 1.807) is 18.2 Å². The summed E-state index contributed by atoms with van der Waals surface area (Å²) in [4.78, 5) is 12.1. The van der Waals surface area contributed by atoms with Gasteiger partial charge in [0.1, 0.15) is 0 Å². The van der Waals surface area contributed by atoms with E-state index in [0.29, 0.717) is 11.1 Å². The van der Waals surface area contributed by atoms with E-state index in [9.17, 15) is 9.90 Å². The van der Waals surface area contributed by atoms with Gasteiger partial charge in [0.25, 0.3) is 5.91 Å². The maximum absolute atomic E-state index is 12.1. The number of nitrogens with one attached hydrogen (secondary N) is 2. The van der Waals surface area contributed by atoms with E-state index >= 15 is 0 Å². The van der Waals surface area contributed by atoms with Crippen LogP contribution in [0.4, 0.5) is 0 Å². The summed E-state index contributed by atoms with van der Waals surface area (Å²) in [6, 6.07) is 0. The van der Waals surface area contributed by atoms with Crippen molar-refractivity contribution in [3.8, 4) is 0 Å². The van der Waals surface area contributed by atoms with Gasteiger partial charge in [-0.2, -0.15) is 0 Å². The first-order valence-electron chi connectivity index (χ1n) is 6.42. The molecule has 0 aromatic carbocycles. The Morgan fingerprint density at radius 1 is 1.05 bits per heavy atom. The molecule has 0 spiro atoms. The molecule has 1 aliphatic carbocycles. The molecule has 4 heteroatoms. The van der Waals surface area contributed by atoms with E-state index in [2.05, 4.69) is 10.6 Å². The lowest BCUT2D eigenvalue weighted by Gasteiger charge is -2.24. The zero-order valence-electron chi connectivity index (χ0n) is 12.6. The minimum atomic E-state index is -0.307. The van der Waals surface area contributed by atoms with E-state index in [-0.39, 0.29) is 22.9 Å². The molecule has 0 aromatic heterocycles. The highest BCUT2D eigenvalue weighted by Gasteiger charge is 2.24. The zero-order valence-corrected chi connectivity index (χ0v) is 12.6. The number of rotatable bonds is 2. The maximum atomic E-state index is 12.1. The molecule has 4 nitrogen and oxygen atoms in total. The van der Waals surface area contributed by atoms with Crippen LogP contribution in [0.5, 0.6) is 0 Å². The van der Waals surface area contributed by atoms with E-state index in [1.807, 2.05) is 41.5 Å². The predicted octanol–water partition coefficient (Wildman–Crippen LogP) is 2.56. The summed E-state index contributed by atoms with van der Waals surface area (Å²) in [5.74, 6) is -0.161. The second-order valence-electron chi connectivity index (χ2n) is 6.78. The first-order chi connectivity index (χ1) is 8.49. The fourth-order valence-electron chi connectivity index (χ4n) is 1.66. The van der Waals surface area contributed by atoms with Crippen LogP contribution in [0.3, 0.4) is 0 Å². The van der Waals surface area contributed by atoms with Crippen LogP contribution < -0.4 is 10.6 Å². The topological polar surface area (TPSA) is 61.4 Å². The number of allylic oxidation sites excluding steroid dienone is 3. The molecule has 0 aliphatic heterocycles. The zero-order chi connectivity index (χ0) is 14.8. The largest absolute Gasteiger partial charge is 0.494 e. The number of hydrogen-bond donors (Lipinski definition) is 3. The predicted molar refractivity (Wildman–Crippen MR) is 77.7 cm³/mol. The Balaban J connectivity index is 2.93. The Labute approximate surface area is 115 Å². The van der Waals surface area contributed by atoms with Gasteiger partial charge in [-0.05, 0) is 53.7 Å². The van der Waals surface area contributed by atoms with Crippen molar-refractivity contribution in [1.82, 2.24) is 10.6 Å². The van der Waals surface area contributed by atoms with Crippen LogP contribution in [0.15, 0.2) is 35.3 Å². The molecule has 0 aromatic rings. The van der Waals surface area contributed by atoms with E-state index in [1.165, 1.54) is 0 Å². The molecule has 0 heterocycles. The fraction of sp³-hybridized carbons (Fsp3) is 0.533. The Bertz CT molecular complexity index is 458. The van der Waals surface area contributed by atoms with Crippen molar-refractivity contribution in [2.24, 2.45) is 0 Å². The molecule has 0 bridgehead atoms. The standard InChI is InChI=1S/C15H24N2O2/c1-14(2,3)16-12(18)10-8-7-9-11(10)13(19)17-15(4,5)6/h7-9,16,18H,1-6H3,(H,17,19). The van der Waals surface area contributed by atoms with E-state index < -0.39 is 0 Å². The van der Waals surface area contributed by atoms with E-state index in [4.69, 9.17) is 0 Å².